The first-order chi connectivity index (χ1) is 20.9. The van der Waals surface area contributed by atoms with Gasteiger partial charge in [-0.25, -0.2) is 0 Å². The first kappa shape index (κ1) is 38.6. The van der Waals surface area contributed by atoms with Gasteiger partial charge in [-0.2, -0.15) is 12.1 Å². The van der Waals surface area contributed by atoms with E-state index in [1.807, 2.05) is 0 Å². The standard InChI is InChI=1S/C43H48Si.2CH3.Hf/c1-9-10-25-44(8,36-26-32-13-11-15-38(40(32)28-36)30-17-21-34(22-18-30)42(2,3)4)37-27-33-14-12-16-39(41(33)29-37)31-19-23-35(24-20-31)43(5,6)7;;;/h11-24,26-29H,9-10,25H2,1-8H3;2*1H3;/q-2;2*-1;+4. The van der Waals surface area contributed by atoms with Crippen LogP contribution >= 0.6 is 0 Å². The Morgan fingerprint density at radius 2 is 0.957 bits per heavy atom. The molecule has 242 valence electrons. The fourth-order valence-electron chi connectivity index (χ4n) is 6.90. The van der Waals surface area contributed by atoms with Gasteiger partial charge in [-0.15, -0.1) is 68.3 Å². The Hall–Kier alpha value is -2.81. The van der Waals surface area contributed by atoms with Gasteiger partial charge in [0.25, 0.3) is 0 Å². The van der Waals surface area contributed by atoms with Gasteiger partial charge >= 0.3 is 25.8 Å². The molecule has 6 rings (SSSR count). The molecule has 0 amide bonds. The van der Waals surface area contributed by atoms with E-state index < -0.39 is 8.07 Å². The van der Waals surface area contributed by atoms with E-state index in [9.17, 15) is 0 Å². The van der Waals surface area contributed by atoms with Crippen LogP contribution in [0.2, 0.25) is 12.6 Å². The first-order valence-electron chi connectivity index (χ1n) is 16.5. The Morgan fingerprint density at radius 3 is 1.30 bits per heavy atom. The third-order valence-corrected chi connectivity index (χ3v) is 14.4. The van der Waals surface area contributed by atoms with Crippen molar-refractivity contribution in [1.29, 1.82) is 0 Å². The summed E-state index contributed by atoms with van der Waals surface area (Å²) in [4.78, 5) is 0. The molecule has 6 aromatic rings. The van der Waals surface area contributed by atoms with Crippen molar-refractivity contribution in [3.05, 3.63) is 135 Å². The predicted octanol–water partition coefficient (Wildman–Crippen LogP) is 12.3. The quantitative estimate of drug-likeness (QED) is 0.111. The van der Waals surface area contributed by atoms with E-state index in [-0.39, 0.29) is 51.5 Å². The van der Waals surface area contributed by atoms with Crippen LogP contribution in [0.3, 0.4) is 0 Å². The molecular weight excluding hydrogens is 747 g/mol. The monoisotopic (exact) mass is 802 g/mol. The SMILES string of the molecule is CCCC[Si](C)(c1cc2c(-c3ccc(C(C)(C)C)cc3)cccc2[cH-]1)c1cc2c(-c3ccc(C(C)(C)C)cc3)cccc2[cH-]1.[CH3-].[CH3-].[Hf+4]. The Labute approximate surface area is 306 Å². The van der Waals surface area contributed by atoms with Gasteiger partial charge in [-0.3, -0.25) is 0 Å². The zero-order chi connectivity index (χ0) is 31.3. The van der Waals surface area contributed by atoms with Gasteiger partial charge in [0.15, 0.2) is 0 Å². The molecule has 0 aliphatic heterocycles. The summed E-state index contributed by atoms with van der Waals surface area (Å²) in [6.45, 7) is 18.6. The number of fused-ring (bicyclic) bond motifs is 2. The van der Waals surface area contributed by atoms with E-state index in [0.29, 0.717) is 0 Å². The fraction of sp³-hybridized carbons (Fsp3) is 0.289. The van der Waals surface area contributed by atoms with Gasteiger partial charge in [0.1, 0.15) is 0 Å². The van der Waals surface area contributed by atoms with Crippen molar-refractivity contribution < 1.29 is 25.8 Å². The fourth-order valence-corrected chi connectivity index (χ4v) is 10.7. The van der Waals surface area contributed by atoms with E-state index in [1.54, 1.807) is 10.4 Å². The molecule has 0 nitrogen and oxygen atoms in total. The smallest absolute Gasteiger partial charge is 0.358 e. The van der Waals surface area contributed by atoms with Gasteiger partial charge in [0.05, 0.1) is 8.07 Å². The Morgan fingerprint density at radius 1 is 0.574 bits per heavy atom. The molecular formula is C45H54HfSi. The van der Waals surface area contributed by atoms with Crippen LogP contribution in [0.4, 0.5) is 0 Å². The van der Waals surface area contributed by atoms with E-state index in [0.717, 1.165) is 0 Å². The molecule has 0 saturated heterocycles. The van der Waals surface area contributed by atoms with Gasteiger partial charge in [0.2, 0.25) is 0 Å². The van der Waals surface area contributed by atoms with Crippen molar-refractivity contribution in [2.45, 2.75) is 84.7 Å². The maximum atomic E-state index is 2.61. The van der Waals surface area contributed by atoms with E-state index in [2.05, 4.69) is 164 Å². The number of rotatable bonds is 7. The molecule has 0 spiro atoms. The molecule has 0 aliphatic carbocycles. The molecule has 6 aromatic carbocycles. The number of hydrogen-bond acceptors (Lipinski definition) is 0. The normalized spacial score (nSPS) is 12.0. The summed E-state index contributed by atoms with van der Waals surface area (Å²) in [5.74, 6) is 0. The van der Waals surface area contributed by atoms with E-state index >= 15 is 0 Å². The number of hydrogen-bond donors (Lipinski definition) is 0. The third kappa shape index (κ3) is 7.60. The predicted molar refractivity (Wildman–Crippen MR) is 211 cm³/mol. The summed E-state index contributed by atoms with van der Waals surface area (Å²) in [7, 11) is -2.00. The van der Waals surface area contributed by atoms with E-state index in [4.69, 9.17) is 0 Å². The molecule has 47 heavy (non-hydrogen) atoms. The van der Waals surface area contributed by atoms with Crippen LogP contribution < -0.4 is 10.4 Å². The Kier molecular flexibility index (Phi) is 12.1. The van der Waals surface area contributed by atoms with Crippen molar-refractivity contribution in [2.75, 3.05) is 0 Å². The van der Waals surface area contributed by atoms with E-state index in [1.165, 1.54) is 73.8 Å². The zero-order valence-corrected chi connectivity index (χ0v) is 35.1. The first-order valence-corrected chi connectivity index (χ1v) is 19.2. The van der Waals surface area contributed by atoms with Crippen molar-refractivity contribution in [3.8, 4) is 22.3 Å². The molecule has 0 fully saturated rings. The molecule has 0 radical (unpaired) electrons. The van der Waals surface area contributed by atoms with Gasteiger partial charge < -0.3 is 14.9 Å². The molecule has 0 bridgehead atoms. The number of benzene rings is 4. The van der Waals surface area contributed by atoms with Crippen LogP contribution in [0.5, 0.6) is 0 Å². The summed E-state index contributed by atoms with van der Waals surface area (Å²) < 4.78 is 0. The molecule has 2 heteroatoms. The zero-order valence-electron chi connectivity index (χ0n) is 30.5. The van der Waals surface area contributed by atoms with Crippen molar-refractivity contribution >= 4 is 40.0 Å². The maximum absolute atomic E-state index is 2.61. The van der Waals surface area contributed by atoms with Gasteiger partial charge in [-0.1, -0.05) is 146 Å². The van der Waals surface area contributed by atoms with Crippen LogP contribution in [0, 0.1) is 14.9 Å². The van der Waals surface area contributed by atoms with Crippen LogP contribution in [0.1, 0.15) is 72.4 Å². The summed E-state index contributed by atoms with van der Waals surface area (Å²) >= 11 is 0. The second-order valence-corrected chi connectivity index (χ2v) is 19.5. The molecule has 0 aromatic heterocycles. The molecule has 0 atom stereocenters. The molecule has 0 saturated carbocycles. The Bertz CT molecular complexity index is 1760. The topological polar surface area (TPSA) is 0 Å². The summed E-state index contributed by atoms with van der Waals surface area (Å²) in [6, 6.07) is 43.6. The average molecular weight is 802 g/mol. The van der Waals surface area contributed by atoms with Crippen molar-refractivity contribution in [3.63, 3.8) is 0 Å². The minimum absolute atomic E-state index is 0. The van der Waals surface area contributed by atoms with Crippen LogP contribution in [-0.4, -0.2) is 8.07 Å². The van der Waals surface area contributed by atoms with Crippen LogP contribution in [-0.2, 0) is 36.7 Å². The molecule has 0 unspecified atom stereocenters. The largest absolute Gasteiger partial charge is 4.00 e. The molecule has 0 heterocycles. The third-order valence-electron chi connectivity index (χ3n) is 9.93. The van der Waals surface area contributed by atoms with Crippen LogP contribution in [0.15, 0.2) is 109 Å². The van der Waals surface area contributed by atoms with Crippen molar-refractivity contribution in [2.24, 2.45) is 0 Å². The minimum Gasteiger partial charge on any atom is -0.358 e. The van der Waals surface area contributed by atoms with Crippen LogP contribution in [0.25, 0.3) is 43.8 Å². The second kappa shape index (κ2) is 14.8. The average Bonchev–Trinajstić information content (AvgIpc) is 3.65. The molecule has 0 N–H and O–H groups in total. The summed E-state index contributed by atoms with van der Waals surface area (Å²) in [6.07, 6.45) is 2.48. The second-order valence-electron chi connectivity index (χ2n) is 15.2. The summed E-state index contributed by atoms with van der Waals surface area (Å²) in [5.41, 5.74) is 8.36. The van der Waals surface area contributed by atoms with Crippen molar-refractivity contribution in [1.82, 2.24) is 0 Å². The summed E-state index contributed by atoms with van der Waals surface area (Å²) in [5, 5.41) is 8.62. The van der Waals surface area contributed by atoms with Gasteiger partial charge in [0, 0.05) is 0 Å². The van der Waals surface area contributed by atoms with Gasteiger partial charge in [-0.05, 0) is 33.1 Å². The number of unbranched alkanes of at least 4 members (excludes halogenated alkanes) is 1. The molecule has 0 aliphatic rings. The minimum atomic E-state index is -2.00. The Balaban J connectivity index is 0.00000200. The maximum Gasteiger partial charge on any atom is 4.00 e.